The summed E-state index contributed by atoms with van der Waals surface area (Å²) in [5.74, 6) is 4.90. The molecule has 2 atom stereocenters. The van der Waals surface area contributed by atoms with Gasteiger partial charge in [0, 0.05) is 13.0 Å². The fraction of sp³-hybridized carbons (Fsp3) is 1.00. The first-order valence-electron chi connectivity index (χ1n) is 3.16. The summed E-state index contributed by atoms with van der Waals surface area (Å²) in [7, 11) is 0. The van der Waals surface area contributed by atoms with Gasteiger partial charge in [0.05, 0.1) is 6.17 Å². The lowest BCUT2D eigenvalue weighted by atomic mass is 10.3. The summed E-state index contributed by atoms with van der Waals surface area (Å²) in [6, 6.07) is 0. The molecule has 0 spiro atoms. The predicted octanol–water partition coefficient (Wildman–Crippen LogP) is -1.88. The molecule has 0 unspecified atom stereocenters. The quantitative estimate of drug-likeness (QED) is 0.240. The second-order valence-corrected chi connectivity index (χ2v) is 2.21. The molecule has 6 N–H and O–H groups in total. The van der Waals surface area contributed by atoms with Crippen molar-refractivity contribution in [2.45, 2.75) is 18.8 Å². The Balaban J connectivity index is 2.06. The zero-order valence-corrected chi connectivity index (χ0v) is 5.52. The molecule has 0 bridgehead atoms. The molecular formula is C4H12FN5. The Bertz CT molecular complexity index is 99.6. The maximum Gasteiger partial charge on any atom is 0.115 e. The number of nitrogens with two attached hydrogens (primary N) is 1. The zero-order valence-electron chi connectivity index (χ0n) is 5.52. The minimum absolute atomic E-state index is 0.0361. The fourth-order valence-corrected chi connectivity index (χ4v) is 0.931. The van der Waals surface area contributed by atoms with Crippen LogP contribution in [0.2, 0.25) is 0 Å². The van der Waals surface area contributed by atoms with E-state index in [4.69, 9.17) is 5.84 Å². The zero-order chi connectivity index (χ0) is 7.40. The van der Waals surface area contributed by atoms with Gasteiger partial charge in [0.15, 0.2) is 0 Å². The summed E-state index contributed by atoms with van der Waals surface area (Å²) in [6.45, 7) is 0.407. The van der Waals surface area contributed by atoms with Crippen LogP contribution in [0.1, 0.15) is 6.42 Å². The molecule has 0 aliphatic carbocycles. The van der Waals surface area contributed by atoms with Crippen LogP contribution in [-0.2, 0) is 0 Å². The highest BCUT2D eigenvalue weighted by molar-refractivity contribution is 4.77. The van der Waals surface area contributed by atoms with Gasteiger partial charge in [-0.2, -0.15) is 11.1 Å². The Morgan fingerprint density at radius 2 is 2.40 bits per heavy atom. The molecule has 0 aromatic carbocycles. The number of hydrogen-bond donors (Lipinski definition) is 5. The first-order valence-corrected chi connectivity index (χ1v) is 3.16. The van der Waals surface area contributed by atoms with Crippen LogP contribution in [0, 0.1) is 0 Å². The molecular weight excluding hydrogens is 137 g/mol. The van der Waals surface area contributed by atoms with E-state index in [1.54, 1.807) is 0 Å². The van der Waals surface area contributed by atoms with E-state index >= 15 is 0 Å². The first-order chi connectivity index (χ1) is 4.83. The molecule has 0 amide bonds. The second-order valence-electron chi connectivity index (χ2n) is 2.21. The Labute approximate surface area is 58.4 Å². The number of hydrazine groups is 3. The molecule has 1 heterocycles. The minimum Gasteiger partial charge on any atom is -0.298 e. The number of hydrogen-bond acceptors (Lipinski definition) is 5. The second kappa shape index (κ2) is 3.79. The molecule has 0 radical (unpaired) electrons. The van der Waals surface area contributed by atoms with Gasteiger partial charge in [-0.05, 0) is 0 Å². The van der Waals surface area contributed by atoms with Gasteiger partial charge in [-0.1, -0.05) is 0 Å². The number of rotatable bonds is 3. The summed E-state index contributed by atoms with van der Waals surface area (Å²) < 4.78 is 12.4. The number of alkyl halides is 1. The molecule has 1 aliphatic rings. The van der Waals surface area contributed by atoms with Gasteiger partial charge in [-0.3, -0.25) is 11.2 Å². The lowest BCUT2D eigenvalue weighted by Gasteiger charge is -2.11. The van der Waals surface area contributed by atoms with E-state index < -0.39 is 6.17 Å². The van der Waals surface area contributed by atoms with Crippen molar-refractivity contribution >= 4 is 0 Å². The van der Waals surface area contributed by atoms with Crippen LogP contribution < -0.4 is 27.7 Å². The Morgan fingerprint density at radius 3 is 2.90 bits per heavy atom. The third-order valence-electron chi connectivity index (χ3n) is 1.40. The van der Waals surface area contributed by atoms with Gasteiger partial charge in [0.1, 0.15) is 6.17 Å². The molecule has 0 saturated carbocycles. The normalized spacial score (nSPS) is 33.0. The van der Waals surface area contributed by atoms with E-state index in [2.05, 4.69) is 21.8 Å². The van der Waals surface area contributed by atoms with Crippen molar-refractivity contribution in [3.05, 3.63) is 0 Å². The molecule has 10 heavy (non-hydrogen) atoms. The van der Waals surface area contributed by atoms with Crippen molar-refractivity contribution in [3.63, 3.8) is 0 Å². The van der Waals surface area contributed by atoms with Gasteiger partial charge in [0.2, 0.25) is 0 Å². The van der Waals surface area contributed by atoms with Gasteiger partial charge in [-0.25, -0.2) is 9.82 Å². The SMILES string of the molecule is NNNN[C@H]1C[C@@H](F)CN1. The van der Waals surface area contributed by atoms with Gasteiger partial charge in [-0.15, -0.1) is 0 Å². The monoisotopic (exact) mass is 149 g/mol. The highest BCUT2D eigenvalue weighted by Gasteiger charge is 2.22. The van der Waals surface area contributed by atoms with E-state index in [0.717, 1.165) is 0 Å². The van der Waals surface area contributed by atoms with E-state index in [9.17, 15) is 4.39 Å². The maximum absolute atomic E-state index is 12.4. The van der Waals surface area contributed by atoms with E-state index in [0.29, 0.717) is 13.0 Å². The minimum atomic E-state index is -0.753. The van der Waals surface area contributed by atoms with Gasteiger partial charge < -0.3 is 0 Å². The summed E-state index contributed by atoms with van der Waals surface area (Å²) in [5, 5.41) is 2.90. The van der Waals surface area contributed by atoms with E-state index in [1.807, 2.05) is 0 Å². The molecule has 60 valence electrons. The predicted molar refractivity (Wildman–Crippen MR) is 34.9 cm³/mol. The molecule has 6 heteroatoms. The average molecular weight is 149 g/mol. The summed E-state index contributed by atoms with van der Waals surface area (Å²) >= 11 is 0. The van der Waals surface area contributed by atoms with Crippen molar-refractivity contribution < 1.29 is 4.39 Å². The highest BCUT2D eigenvalue weighted by Crippen LogP contribution is 2.05. The molecule has 0 aromatic rings. The van der Waals surface area contributed by atoms with Crippen LogP contribution in [0.5, 0.6) is 0 Å². The van der Waals surface area contributed by atoms with Crippen LogP contribution in [0.25, 0.3) is 0 Å². The summed E-state index contributed by atoms with van der Waals surface area (Å²) in [6.07, 6.45) is -0.322. The van der Waals surface area contributed by atoms with Crippen LogP contribution in [-0.4, -0.2) is 18.9 Å². The molecule has 1 saturated heterocycles. The smallest absolute Gasteiger partial charge is 0.115 e. The van der Waals surface area contributed by atoms with Crippen molar-refractivity contribution in [2.75, 3.05) is 6.54 Å². The topological polar surface area (TPSA) is 74.1 Å². The first kappa shape index (κ1) is 7.83. The van der Waals surface area contributed by atoms with Crippen LogP contribution in [0.15, 0.2) is 0 Å². The lowest BCUT2D eigenvalue weighted by molar-refractivity contribution is 0.323. The lowest BCUT2D eigenvalue weighted by Crippen LogP contribution is -2.54. The van der Waals surface area contributed by atoms with Gasteiger partial charge in [0.25, 0.3) is 0 Å². The molecule has 5 nitrogen and oxygen atoms in total. The molecule has 1 rings (SSSR count). The number of nitrogens with one attached hydrogen (secondary N) is 4. The summed E-state index contributed by atoms with van der Waals surface area (Å²) in [5.41, 5.74) is 7.37. The highest BCUT2D eigenvalue weighted by atomic mass is 19.1. The molecule has 1 fully saturated rings. The van der Waals surface area contributed by atoms with Gasteiger partial charge >= 0.3 is 0 Å². The van der Waals surface area contributed by atoms with Crippen molar-refractivity contribution in [3.8, 4) is 0 Å². The third kappa shape index (κ3) is 2.16. The van der Waals surface area contributed by atoms with E-state index in [-0.39, 0.29) is 6.17 Å². The molecule has 0 aromatic heterocycles. The largest absolute Gasteiger partial charge is 0.298 e. The van der Waals surface area contributed by atoms with Crippen molar-refractivity contribution in [1.82, 2.24) is 21.8 Å². The van der Waals surface area contributed by atoms with E-state index in [1.165, 1.54) is 0 Å². The third-order valence-corrected chi connectivity index (χ3v) is 1.40. The van der Waals surface area contributed by atoms with Crippen molar-refractivity contribution in [2.24, 2.45) is 5.84 Å². The standard InChI is InChI=1S/C4H12FN5/c5-3-1-4(7-2-3)8-10-9-6/h3-4,7-10H,1-2,6H2/t3-,4+/m1/s1. The average Bonchev–Trinajstić information content (AvgIpc) is 2.31. The Hall–Kier alpha value is -0.270. The van der Waals surface area contributed by atoms with Crippen molar-refractivity contribution in [1.29, 1.82) is 0 Å². The number of halogens is 1. The maximum atomic E-state index is 12.4. The van der Waals surface area contributed by atoms with Crippen LogP contribution in [0.4, 0.5) is 4.39 Å². The molecule has 1 aliphatic heterocycles. The van der Waals surface area contributed by atoms with Crippen LogP contribution >= 0.6 is 0 Å². The fourth-order valence-electron chi connectivity index (χ4n) is 0.931. The van der Waals surface area contributed by atoms with Crippen LogP contribution in [0.3, 0.4) is 0 Å². The Morgan fingerprint density at radius 1 is 1.60 bits per heavy atom. The Kier molecular flexibility index (Phi) is 2.97. The summed E-state index contributed by atoms with van der Waals surface area (Å²) in [4.78, 5) is 0.